The van der Waals surface area contributed by atoms with E-state index in [0.717, 1.165) is 66.8 Å². The molecular weight excluding hydrogens is 775 g/mol. The Morgan fingerprint density at radius 3 is 1.52 bits per heavy atom. The smallest absolute Gasteiger partial charge is 0.143 e. The molecule has 12 aromatic rings. The molecular formula is C62H41NO. The van der Waals surface area contributed by atoms with Crippen LogP contribution >= 0.6 is 0 Å². The van der Waals surface area contributed by atoms with Crippen LogP contribution in [0.3, 0.4) is 0 Å². The van der Waals surface area contributed by atoms with Crippen LogP contribution in [0.1, 0.15) is 0 Å². The topological polar surface area (TPSA) is 16.4 Å². The van der Waals surface area contributed by atoms with Gasteiger partial charge in [0.15, 0.2) is 0 Å². The highest BCUT2D eigenvalue weighted by atomic mass is 16.3. The molecule has 12 rings (SSSR count). The number of para-hydroxylation sites is 4. The summed E-state index contributed by atoms with van der Waals surface area (Å²) >= 11 is 0. The molecule has 2 heteroatoms. The van der Waals surface area contributed by atoms with Crippen molar-refractivity contribution in [2.45, 2.75) is 0 Å². The fraction of sp³-hybridized carbons (Fsp3) is 0. The van der Waals surface area contributed by atoms with Gasteiger partial charge in [-0.05, 0) is 96.9 Å². The number of anilines is 3. The highest BCUT2D eigenvalue weighted by molar-refractivity contribution is 6.11. The van der Waals surface area contributed by atoms with E-state index < -0.39 is 0 Å². The number of nitrogens with zero attached hydrogens (tertiary/aromatic N) is 1. The Morgan fingerprint density at radius 1 is 0.266 bits per heavy atom. The average molecular weight is 816 g/mol. The predicted molar refractivity (Wildman–Crippen MR) is 271 cm³/mol. The fourth-order valence-corrected chi connectivity index (χ4v) is 9.70. The minimum absolute atomic E-state index is 0.881. The van der Waals surface area contributed by atoms with Gasteiger partial charge in [0.2, 0.25) is 0 Å². The van der Waals surface area contributed by atoms with E-state index >= 15 is 0 Å². The molecule has 0 aliphatic carbocycles. The summed E-state index contributed by atoms with van der Waals surface area (Å²) < 4.78 is 6.69. The Bertz CT molecular complexity index is 3670. The summed E-state index contributed by atoms with van der Waals surface area (Å²) in [6.45, 7) is 0. The van der Waals surface area contributed by atoms with Crippen molar-refractivity contribution in [3.63, 3.8) is 0 Å². The van der Waals surface area contributed by atoms with Crippen LogP contribution in [0.2, 0.25) is 0 Å². The molecule has 2 nitrogen and oxygen atoms in total. The van der Waals surface area contributed by atoms with Gasteiger partial charge < -0.3 is 9.32 Å². The highest BCUT2D eigenvalue weighted by Gasteiger charge is 2.24. The Labute approximate surface area is 372 Å². The second-order valence-corrected chi connectivity index (χ2v) is 16.4. The van der Waals surface area contributed by atoms with Gasteiger partial charge in [-0.25, -0.2) is 0 Å². The number of fused-ring (bicyclic) bond motifs is 6. The van der Waals surface area contributed by atoms with Gasteiger partial charge in [-0.15, -0.1) is 0 Å². The van der Waals surface area contributed by atoms with Crippen LogP contribution in [0.15, 0.2) is 253 Å². The van der Waals surface area contributed by atoms with E-state index in [4.69, 9.17) is 4.42 Å². The number of hydrogen-bond donors (Lipinski definition) is 0. The first-order valence-corrected chi connectivity index (χ1v) is 21.9. The second kappa shape index (κ2) is 15.8. The SMILES string of the molecule is c1ccc(-c2ccccc2-c2ccccc2-c2ccccc2N(c2ccc(-c3ccc4c(ccc5ccccc54)c3)cc2)c2ccccc2-c2cccc3c2oc2ccccc23)cc1. The van der Waals surface area contributed by atoms with Crippen molar-refractivity contribution >= 4 is 60.5 Å². The van der Waals surface area contributed by atoms with Gasteiger partial charge in [-0.3, -0.25) is 0 Å². The lowest BCUT2D eigenvalue weighted by atomic mass is 9.88. The molecule has 11 aromatic carbocycles. The predicted octanol–water partition coefficient (Wildman–Crippen LogP) is 17.7. The molecule has 0 radical (unpaired) electrons. The lowest BCUT2D eigenvalue weighted by Crippen LogP contribution is -2.12. The van der Waals surface area contributed by atoms with Crippen molar-refractivity contribution in [1.29, 1.82) is 0 Å². The average Bonchev–Trinajstić information content (AvgIpc) is 3.76. The summed E-state index contributed by atoms with van der Waals surface area (Å²) in [6, 6.07) is 89.7. The van der Waals surface area contributed by atoms with E-state index in [0.29, 0.717) is 0 Å². The molecule has 0 saturated heterocycles. The number of rotatable bonds is 8. The molecule has 0 aliphatic rings. The number of furan rings is 1. The first-order valence-electron chi connectivity index (χ1n) is 21.9. The van der Waals surface area contributed by atoms with Gasteiger partial charge in [0, 0.05) is 33.2 Å². The van der Waals surface area contributed by atoms with E-state index in [2.05, 4.69) is 248 Å². The zero-order valence-electron chi connectivity index (χ0n) is 35.0. The summed E-state index contributed by atoms with van der Waals surface area (Å²) in [5.74, 6) is 0. The molecule has 0 saturated carbocycles. The molecule has 0 spiro atoms. The molecule has 0 amide bonds. The maximum atomic E-state index is 6.69. The Morgan fingerprint density at radius 2 is 0.766 bits per heavy atom. The summed E-state index contributed by atoms with van der Waals surface area (Å²) in [4.78, 5) is 2.43. The molecule has 1 aromatic heterocycles. The first-order chi connectivity index (χ1) is 31.8. The van der Waals surface area contributed by atoms with Crippen molar-refractivity contribution in [1.82, 2.24) is 0 Å². The van der Waals surface area contributed by atoms with Gasteiger partial charge in [0.05, 0.1) is 11.4 Å². The third kappa shape index (κ3) is 6.44. The molecule has 0 aliphatic heterocycles. The lowest BCUT2D eigenvalue weighted by Gasteiger charge is -2.30. The van der Waals surface area contributed by atoms with E-state index in [9.17, 15) is 0 Å². The molecule has 1 heterocycles. The Balaban J connectivity index is 1.05. The van der Waals surface area contributed by atoms with Crippen molar-refractivity contribution in [2.24, 2.45) is 0 Å². The molecule has 64 heavy (non-hydrogen) atoms. The van der Waals surface area contributed by atoms with Crippen molar-refractivity contribution in [3.8, 4) is 55.6 Å². The second-order valence-electron chi connectivity index (χ2n) is 16.4. The van der Waals surface area contributed by atoms with E-state index in [-0.39, 0.29) is 0 Å². The van der Waals surface area contributed by atoms with Gasteiger partial charge >= 0.3 is 0 Å². The fourth-order valence-electron chi connectivity index (χ4n) is 9.70. The minimum Gasteiger partial charge on any atom is -0.455 e. The molecule has 300 valence electrons. The van der Waals surface area contributed by atoms with Crippen molar-refractivity contribution in [2.75, 3.05) is 4.90 Å². The molecule has 0 N–H and O–H groups in total. The van der Waals surface area contributed by atoms with Crippen molar-refractivity contribution < 1.29 is 4.42 Å². The van der Waals surface area contributed by atoms with Crippen LogP contribution in [-0.4, -0.2) is 0 Å². The third-order valence-electron chi connectivity index (χ3n) is 12.7. The third-order valence-corrected chi connectivity index (χ3v) is 12.7. The summed E-state index contributed by atoms with van der Waals surface area (Å²) in [7, 11) is 0. The van der Waals surface area contributed by atoms with Crippen LogP contribution in [0.5, 0.6) is 0 Å². The summed E-state index contributed by atoms with van der Waals surface area (Å²) in [5, 5.41) is 7.25. The quantitative estimate of drug-likeness (QED) is 0.142. The standard InChI is InChI=1S/C62H41NO/c1-2-17-43(18-3-1)49-21-6-7-22-51(49)52-23-8-9-24-53(52)54-25-10-13-30-59(54)63(60-31-14-11-26-55(60)57-28-16-29-58-56-27-12-15-32-61(56)64-62(57)58)47-38-35-42(36-39-47)45-37-40-50-46(41-45)34-33-44-19-4-5-20-48(44)50/h1-41H. The first kappa shape index (κ1) is 37.3. The monoisotopic (exact) mass is 815 g/mol. The van der Waals surface area contributed by atoms with Crippen LogP contribution < -0.4 is 4.90 Å². The van der Waals surface area contributed by atoms with Gasteiger partial charge in [-0.1, -0.05) is 212 Å². The maximum absolute atomic E-state index is 6.69. The maximum Gasteiger partial charge on any atom is 0.143 e. The van der Waals surface area contributed by atoms with Crippen LogP contribution in [0.25, 0.3) is 99.1 Å². The minimum atomic E-state index is 0.881. The molecule has 0 bridgehead atoms. The molecule has 0 unspecified atom stereocenters. The van der Waals surface area contributed by atoms with Gasteiger partial charge in [-0.2, -0.15) is 0 Å². The van der Waals surface area contributed by atoms with E-state index in [1.165, 1.54) is 49.4 Å². The van der Waals surface area contributed by atoms with E-state index in [1.54, 1.807) is 0 Å². The lowest BCUT2D eigenvalue weighted by molar-refractivity contribution is 0.670. The summed E-state index contributed by atoms with van der Waals surface area (Å²) in [6.07, 6.45) is 0. The van der Waals surface area contributed by atoms with Gasteiger partial charge in [0.1, 0.15) is 11.2 Å². The van der Waals surface area contributed by atoms with Gasteiger partial charge in [0.25, 0.3) is 0 Å². The van der Waals surface area contributed by atoms with Crippen LogP contribution in [0.4, 0.5) is 17.1 Å². The summed E-state index contributed by atoms with van der Waals surface area (Å²) in [5.41, 5.74) is 16.5. The number of hydrogen-bond acceptors (Lipinski definition) is 2. The van der Waals surface area contributed by atoms with Crippen molar-refractivity contribution in [3.05, 3.63) is 249 Å². The largest absolute Gasteiger partial charge is 0.455 e. The molecule has 0 atom stereocenters. The normalized spacial score (nSPS) is 11.4. The Kier molecular flexibility index (Phi) is 9.20. The van der Waals surface area contributed by atoms with Crippen LogP contribution in [-0.2, 0) is 0 Å². The zero-order valence-corrected chi connectivity index (χ0v) is 35.0. The van der Waals surface area contributed by atoms with Crippen LogP contribution in [0, 0.1) is 0 Å². The molecule has 0 fully saturated rings. The zero-order chi connectivity index (χ0) is 42.4. The van der Waals surface area contributed by atoms with E-state index in [1.807, 2.05) is 6.07 Å². The Hall–Kier alpha value is -8.46. The highest BCUT2D eigenvalue weighted by Crippen LogP contribution is 2.49. The number of benzene rings is 11.